The first-order valence-electron chi connectivity index (χ1n) is 4.99. The highest BCUT2D eigenvalue weighted by Gasteiger charge is 2.41. The lowest BCUT2D eigenvalue weighted by Gasteiger charge is -2.41. The first-order valence-corrected chi connectivity index (χ1v) is 6.14. The van der Waals surface area contributed by atoms with Crippen LogP contribution in [0, 0.1) is 5.41 Å². The zero-order chi connectivity index (χ0) is 11.7. The second-order valence-corrected chi connectivity index (χ2v) is 6.16. The molecule has 0 aromatic rings. The van der Waals surface area contributed by atoms with Gasteiger partial charge in [-0.2, -0.15) is 24.9 Å². The van der Waals surface area contributed by atoms with Crippen molar-refractivity contribution in [3.8, 4) is 0 Å². The van der Waals surface area contributed by atoms with Crippen LogP contribution in [0.3, 0.4) is 0 Å². The zero-order valence-corrected chi connectivity index (χ0v) is 9.84. The predicted octanol–water partition coefficient (Wildman–Crippen LogP) is 3.22. The Hall–Kier alpha value is 0.100. The van der Waals surface area contributed by atoms with E-state index in [9.17, 15) is 18.3 Å². The number of halogens is 3. The van der Waals surface area contributed by atoms with Gasteiger partial charge in [-0.3, -0.25) is 0 Å². The molecule has 0 radical (unpaired) electrons. The third-order valence-corrected chi connectivity index (χ3v) is 4.27. The van der Waals surface area contributed by atoms with Crippen LogP contribution in [0.15, 0.2) is 0 Å². The smallest absolute Gasteiger partial charge is 0.389 e. The van der Waals surface area contributed by atoms with E-state index in [4.69, 9.17) is 0 Å². The van der Waals surface area contributed by atoms with E-state index in [2.05, 4.69) is 0 Å². The van der Waals surface area contributed by atoms with Crippen LogP contribution in [0.25, 0.3) is 0 Å². The van der Waals surface area contributed by atoms with Crippen LogP contribution >= 0.6 is 11.8 Å². The Labute approximate surface area is 92.4 Å². The van der Waals surface area contributed by atoms with Crippen LogP contribution in [0.4, 0.5) is 13.2 Å². The van der Waals surface area contributed by atoms with Gasteiger partial charge in [0, 0.05) is 12.2 Å². The van der Waals surface area contributed by atoms with Crippen molar-refractivity contribution in [3.63, 3.8) is 0 Å². The lowest BCUT2D eigenvalue weighted by atomic mass is 9.80. The Morgan fingerprint density at radius 1 is 1.27 bits per heavy atom. The van der Waals surface area contributed by atoms with Crippen molar-refractivity contribution in [1.82, 2.24) is 0 Å². The largest absolute Gasteiger partial charge is 0.389 e. The number of aliphatic hydroxyl groups is 1. The van der Waals surface area contributed by atoms with E-state index in [1.807, 2.05) is 13.8 Å². The summed E-state index contributed by atoms with van der Waals surface area (Å²) < 4.78 is 36.2. The standard InChI is InChI=1S/C10H17F3OS/c1-8(2)5-9(14,7-15-6-8)3-4-10(11,12)13/h14H,3-7H2,1-2H3. The topological polar surface area (TPSA) is 20.2 Å². The van der Waals surface area contributed by atoms with Crippen LogP contribution < -0.4 is 0 Å². The van der Waals surface area contributed by atoms with Crippen molar-refractivity contribution < 1.29 is 18.3 Å². The van der Waals surface area contributed by atoms with Gasteiger partial charge in [0.05, 0.1) is 5.60 Å². The second kappa shape index (κ2) is 4.17. The molecule has 1 fully saturated rings. The van der Waals surface area contributed by atoms with E-state index < -0.39 is 18.2 Å². The average molecular weight is 242 g/mol. The van der Waals surface area contributed by atoms with Gasteiger partial charge < -0.3 is 5.11 Å². The van der Waals surface area contributed by atoms with Crippen LogP contribution in [-0.4, -0.2) is 28.4 Å². The number of hydrogen-bond donors (Lipinski definition) is 1. The number of rotatable bonds is 2. The van der Waals surface area contributed by atoms with Crippen molar-refractivity contribution in [2.45, 2.75) is 44.9 Å². The third kappa shape index (κ3) is 4.64. The number of thioether (sulfide) groups is 1. The maximum absolute atomic E-state index is 12.1. The molecule has 1 N–H and O–H groups in total. The van der Waals surface area contributed by atoms with E-state index in [1.165, 1.54) is 0 Å². The SMILES string of the molecule is CC1(C)CSCC(O)(CCC(F)(F)F)C1. The molecule has 1 saturated heterocycles. The third-order valence-electron chi connectivity index (χ3n) is 2.54. The molecule has 90 valence electrons. The molecule has 15 heavy (non-hydrogen) atoms. The van der Waals surface area contributed by atoms with E-state index in [1.54, 1.807) is 11.8 Å². The Kier molecular flexibility index (Phi) is 3.66. The van der Waals surface area contributed by atoms with Crippen molar-refractivity contribution in [2.24, 2.45) is 5.41 Å². The quantitative estimate of drug-likeness (QED) is 0.802. The average Bonchev–Trinajstić information content (AvgIpc) is 1.97. The maximum Gasteiger partial charge on any atom is 0.389 e. The second-order valence-electron chi connectivity index (χ2n) is 5.17. The summed E-state index contributed by atoms with van der Waals surface area (Å²) in [6.07, 6.45) is -4.77. The lowest BCUT2D eigenvalue weighted by Crippen LogP contribution is -2.43. The molecule has 0 saturated carbocycles. The van der Waals surface area contributed by atoms with Crippen LogP contribution in [-0.2, 0) is 0 Å². The van der Waals surface area contributed by atoms with Gasteiger partial charge in [-0.05, 0) is 24.0 Å². The van der Waals surface area contributed by atoms with Gasteiger partial charge >= 0.3 is 6.18 Å². The fourth-order valence-electron chi connectivity index (χ4n) is 2.05. The zero-order valence-electron chi connectivity index (χ0n) is 9.02. The molecule has 1 aliphatic heterocycles. The minimum atomic E-state index is -4.16. The van der Waals surface area contributed by atoms with Gasteiger partial charge in [0.25, 0.3) is 0 Å². The molecule has 0 aromatic heterocycles. The molecule has 1 aliphatic rings. The van der Waals surface area contributed by atoms with Crippen LogP contribution in [0.2, 0.25) is 0 Å². The molecule has 1 heterocycles. The summed E-state index contributed by atoms with van der Waals surface area (Å²) >= 11 is 1.54. The van der Waals surface area contributed by atoms with Crippen LogP contribution in [0.1, 0.15) is 33.1 Å². The van der Waals surface area contributed by atoms with E-state index in [0.717, 1.165) is 5.75 Å². The van der Waals surface area contributed by atoms with Gasteiger partial charge in [-0.1, -0.05) is 13.8 Å². The summed E-state index contributed by atoms with van der Waals surface area (Å²) in [6.45, 7) is 3.97. The van der Waals surface area contributed by atoms with E-state index in [0.29, 0.717) is 12.2 Å². The first-order chi connectivity index (χ1) is 6.62. The molecule has 1 nitrogen and oxygen atoms in total. The summed E-state index contributed by atoms with van der Waals surface area (Å²) in [5.41, 5.74) is -1.20. The summed E-state index contributed by atoms with van der Waals surface area (Å²) in [4.78, 5) is 0. The predicted molar refractivity (Wildman–Crippen MR) is 56.0 cm³/mol. The van der Waals surface area contributed by atoms with Crippen molar-refractivity contribution in [1.29, 1.82) is 0 Å². The molecule has 0 spiro atoms. The maximum atomic E-state index is 12.1. The summed E-state index contributed by atoms with van der Waals surface area (Å²) in [6, 6.07) is 0. The molecular formula is C10H17F3OS. The highest BCUT2D eigenvalue weighted by atomic mass is 32.2. The molecule has 0 aliphatic carbocycles. The molecule has 0 amide bonds. The Balaban J connectivity index is 2.51. The fraction of sp³-hybridized carbons (Fsp3) is 1.00. The first kappa shape index (κ1) is 13.2. The Bertz CT molecular complexity index is 227. The molecule has 1 rings (SSSR count). The summed E-state index contributed by atoms with van der Waals surface area (Å²) in [5.74, 6) is 1.33. The van der Waals surface area contributed by atoms with Crippen molar-refractivity contribution in [3.05, 3.63) is 0 Å². The van der Waals surface area contributed by atoms with E-state index >= 15 is 0 Å². The van der Waals surface area contributed by atoms with Crippen molar-refractivity contribution >= 4 is 11.8 Å². The fourth-order valence-corrected chi connectivity index (χ4v) is 3.43. The molecule has 1 atom stereocenters. The van der Waals surface area contributed by atoms with Gasteiger partial charge in [-0.15, -0.1) is 0 Å². The Morgan fingerprint density at radius 2 is 1.87 bits per heavy atom. The molecule has 5 heteroatoms. The number of alkyl halides is 3. The van der Waals surface area contributed by atoms with Gasteiger partial charge in [-0.25, -0.2) is 0 Å². The van der Waals surface area contributed by atoms with E-state index in [-0.39, 0.29) is 11.8 Å². The minimum absolute atomic E-state index is 0.0662. The highest BCUT2D eigenvalue weighted by Crippen LogP contribution is 2.42. The molecule has 1 unspecified atom stereocenters. The summed E-state index contributed by atoms with van der Waals surface area (Å²) in [7, 11) is 0. The number of hydrogen-bond acceptors (Lipinski definition) is 2. The van der Waals surface area contributed by atoms with Crippen molar-refractivity contribution in [2.75, 3.05) is 11.5 Å². The van der Waals surface area contributed by atoms with Crippen LogP contribution in [0.5, 0.6) is 0 Å². The molecule has 0 bridgehead atoms. The highest BCUT2D eigenvalue weighted by molar-refractivity contribution is 7.99. The van der Waals surface area contributed by atoms with Gasteiger partial charge in [0.2, 0.25) is 0 Å². The molecular weight excluding hydrogens is 225 g/mol. The van der Waals surface area contributed by atoms with Gasteiger partial charge in [0.1, 0.15) is 0 Å². The van der Waals surface area contributed by atoms with Gasteiger partial charge in [0.15, 0.2) is 0 Å². The Morgan fingerprint density at radius 3 is 2.33 bits per heavy atom. The summed E-state index contributed by atoms with van der Waals surface area (Å²) in [5, 5.41) is 10.0. The monoisotopic (exact) mass is 242 g/mol. The minimum Gasteiger partial charge on any atom is -0.389 e. The molecule has 0 aromatic carbocycles. The lowest BCUT2D eigenvalue weighted by molar-refractivity contribution is -0.147. The normalized spacial score (nSPS) is 31.6.